The van der Waals surface area contributed by atoms with E-state index in [1.54, 1.807) is 12.1 Å². The molecule has 3 amide bonds. The van der Waals surface area contributed by atoms with Gasteiger partial charge in [0, 0.05) is 62.4 Å². The van der Waals surface area contributed by atoms with E-state index in [4.69, 9.17) is 25.5 Å². The molecular weight excluding hydrogens is 789 g/mol. The number of anilines is 4. The normalized spacial score (nSPS) is 22.7. The fraction of sp³-hybridized carbons (Fsp3) is 0.333. The van der Waals surface area contributed by atoms with Crippen molar-refractivity contribution in [1.29, 1.82) is 0 Å². The maximum Gasteiger partial charge on any atom is 0.262 e. The van der Waals surface area contributed by atoms with Crippen molar-refractivity contribution in [2.75, 3.05) is 59.7 Å². The Bertz CT molecular complexity index is 2690. The minimum Gasteiger partial charge on any atom is -0.457 e. The van der Waals surface area contributed by atoms with Crippen LogP contribution < -0.4 is 30.5 Å². The number of nitrogens with zero attached hydrogens (tertiary/aromatic N) is 10. The zero-order valence-electron chi connectivity index (χ0n) is 33.7. The van der Waals surface area contributed by atoms with Gasteiger partial charge < -0.3 is 35.6 Å². The van der Waals surface area contributed by atoms with Crippen LogP contribution in [0.15, 0.2) is 91.5 Å². The molecule has 314 valence electrons. The number of piperidine rings is 2. The number of carbonyl (C=O) groups excluding carboxylic acids is 3. The second-order valence-electron chi connectivity index (χ2n) is 16.8. The highest BCUT2D eigenvalue weighted by molar-refractivity contribution is 6.23. The zero-order valence-corrected chi connectivity index (χ0v) is 33.7. The maximum absolute atomic E-state index is 13.4. The van der Waals surface area contributed by atoms with Gasteiger partial charge in [0.25, 0.3) is 11.8 Å². The average Bonchev–Trinajstić information content (AvgIpc) is 4.06. The van der Waals surface area contributed by atoms with E-state index in [1.807, 2.05) is 77.7 Å². The van der Waals surface area contributed by atoms with E-state index in [-0.39, 0.29) is 18.9 Å². The number of para-hydroxylation sites is 1. The first kappa shape index (κ1) is 37.8. The molecule has 3 aromatic carbocycles. The zero-order chi connectivity index (χ0) is 42.1. The lowest BCUT2D eigenvalue weighted by Gasteiger charge is -2.33. The SMILES string of the molecule is Nc1ncnc2c1c(-c1ccc(Oc3ccccc3)cc1)nn2C1CCN(c2cnc(N3CC4CN(c5ccc6c(c5)C(=O)N(C5CCC(O)NC5=O)C6=O)CC4C3)nc2)CC1. The topological polar surface area (TPSA) is 201 Å². The van der Waals surface area contributed by atoms with Crippen molar-refractivity contribution < 1.29 is 24.2 Å². The van der Waals surface area contributed by atoms with E-state index in [0.29, 0.717) is 28.8 Å². The first-order valence-corrected chi connectivity index (χ1v) is 21.1. The fourth-order valence-corrected chi connectivity index (χ4v) is 9.89. The highest BCUT2D eigenvalue weighted by Gasteiger charge is 2.46. The average molecular weight is 833 g/mol. The minimum absolute atomic E-state index is 0.122. The number of aromatic nitrogens is 6. The van der Waals surface area contributed by atoms with Gasteiger partial charge in [-0.15, -0.1) is 0 Å². The van der Waals surface area contributed by atoms with Crippen LogP contribution in [0.25, 0.3) is 22.3 Å². The number of aliphatic hydroxyl groups is 1. The summed E-state index contributed by atoms with van der Waals surface area (Å²) in [7, 11) is 0. The molecule has 4 unspecified atom stereocenters. The lowest BCUT2D eigenvalue weighted by atomic mass is 10.0. The Morgan fingerprint density at radius 3 is 2.13 bits per heavy atom. The summed E-state index contributed by atoms with van der Waals surface area (Å²) >= 11 is 0. The van der Waals surface area contributed by atoms with E-state index in [0.717, 1.165) is 108 Å². The molecule has 0 radical (unpaired) electrons. The first-order valence-electron chi connectivity index (χ1n) is 21.1. The summed E-state index contributed by atoms with van der Waals surface area (Å²) in [6.07, 6.45) is 6.60. The van der Waals surface area contributed by atoms with Gasteiger partial charge in [-0.2, -0.15) is 5.10 Å². The number of fused-ring (bicyclic) bond motifs is 3. The van der Waals surface area contributed by atoms with Crippen molar-refractivity contribution in [1.82, 2.24) is 39.9 Å². The summed E-state index contributed by atoms with van der Waals surface area (Å²) in [6, 6.07) is 22.1. The summed E-state index contributed by atoms with van der Waals surface area (Å²) in [5.74, 6) is 1.96. The van der Waals surface area contributed by atoms with Crippen molar-refractivity contribution in [3.63, 3.8) is 0 Å². The molecule has 17 nitrogen and oxygen atoms in total. The summed E-state index contributed by atoms with van der Waals surface area (Å²) in [4.78, 5) is 65.7. The van der Waals surface area contributed by atoms with Gasteiger partial charge in [0.05, 0.1) is 40.6 Å². The van der Waals surface area contributed by atoms with E-state index < -0.39 is 30.0 Å². The van der Waals surface area contributed by atoms with Gasteiger partial charge in [-0.3, -0.25) is 19.3 Å². The fourth-order valence-electron chi connectivity index (χ4n) is 9.89. The second-order valence-corrected chi connectivity index (χ2v) is 16.8. The minimum atomic E-state index is -0.964. The Hall–Kier alpha value is -7.14. The van der Waals surface area contributed by atoms with Gasteiger partial charge in [0.1, 0.15) is 41.6 Å². The van der Waals surface area contributed by atoms with Crippen molar-refractivity contribution in [3.05, 3.63) is 103 Å². The van der Waals surface area contributed by atoms with Crippen molar-refractivity contribution >= 4 is 51.9 Å². The lowest BCUT2D eigenvalue weighted by molar-refractivity contribution is -0.131. The third kappa shape index (κ3) is 6.59. The number of amides is 3. The molecule has 4 fully saturated rings. The molecule has 6 aromatic rings. The van der Waals surface area contributed by atoms with Crippen LogP contribution in [0.5, 0.6) is 11.5 Å². The van der Waals surface area contributed by atoms with Crippen LogP contribution in [0.4, 0.5) is 23.1 Å². The largest absolute Gasteiger partial charge is 0.457 e. The molecule has 0 saturated carbocycles. The predicted octanol–water partition coefficient (Wildman–Crippen LogP) is 4.26. The molecule has 5 aliphatic heterocycles. The highest BCUT2D eigenvalue weighted by Crippen LogP contribution is 2.39. The molecule has 5 aliphatic rings. The number of hydrogen-bond donors (Lipinski definition) is 3. The summed E-state index contributed by atoms with van der Waals surface area (Å²) in [6.45, 7) is 4.88. The third-order valence-corrected chi connectivity index (χ3v) is 13.1. The highest BCUT2D eigenvalue weighted by atomic mass is 16.5. The number of nitrogens with one attached hydrogen (secondary N) is 1. The summed E-state index contributed by atoms with van der Waals surface area (Å²) in [5.41, 5.74) is 11.3. The Morgan fingerprint density at radius 2 is 1.40 bits per heavy atom. The van der Waals surface area contributed by atoms with Gasteiger partial charge in [0.2, 0.25) is 11.9 Å². The van der Waals surface area contributed by atoms with Crippen molar-refractivity contribution in [2.45, 2.75) is 44.0 Å². The van der Waals surface area contributed by atoms with Crippen LogP contribution in [0.2, 0.25) is 0 Å². The molecule has 4 N–H and O–H groups in total. The predicted molar refractivity (Wildman–Crippen MR) is 230 cm³/mol. The maximum atomic E-state index is 13.4. The number of benzene rings is 3. The molecular formula is C45H44N12O5. The standard InChI is InChI=1S/C45H44N12O5/c46-40-38-39(26-6-9-33(10-7-26)62-32-4-2-1-3-5-32)52-57(41(38)50-25-49-40)29-14-16-53(17-15-29)31-19-47-45(48-20-31)55-23-27-21-54(22-28(27)24-55)30-8-11-34-35(18-30)44(61)56(43(34)60)36-12-13-37(58)51-42(36)59/h1-11,18-20,25,27-29,36-37,58H,12-17,21-24H2,(H,51,59)(H2,46,49,50). The summed E-state index contributed by atoms with van der Waals surface area (Å²) in [5, 5.41) is 18.1. The van der Waals surface area contributed by atoms with Gasteiger partial charge >= 0.3 is 0 Å². The van der Waals surface area contributed by atoms with Crippen LogP contribution in [0.1, 0.15) is 52.4 Å². The Labute approximate surface area is 356 Å². The second kappa shape index (κ2) is 15.1. The third-order valence-electron chi connectivity index (χ3n) is 13.1. The van der Waals surface area contributed by atoms with Gasteiger partial charge in [-0.25, -0.2) is 24.6 Å². The van der Waals surface area contributed by atoms with Crippen molar-refractivity contribution in [3.8, 4) is 22.8 Å². The Balaban J connectivity index is 0.712. The van der Waals surface area contributed by atoms with Crippen LogP contribution in [0.3, 0.4) is 0 Å². The number of nitrogens with two attached hydrogens (primary N) is 1. The quantitative estimate of drug-likeness (QED) is 0.184. The first-order chi connectivity index (χ1) is 30.3. The van der Waals surface area contributed by atoms with E-state index in [1.165, 1.54) is 6.33 Å². The van der Waals surface area contributed by atoms with Gasteiger partial charge in [-0.1, -0.05) is 18.2 Å². The number of carbonyl (C=O) groups is 3. The number of hydrogen-bond acceptors (Lipinski definition) is 14. The number of nitrogen functional groups attached to an aromatic ring is 1. The molecule has 0 aliphatic carbocycles. The van der Waals surface area contributed by atoms with E-state index in [9.17, 15) is 19.5 Å². The molecule has 4 saturated heterocycles. The lowest BCUT2D eigenvalue weighted by Crippen LogP contribution is -2.55. The van der Waals surface area contributed by atoms with Crippen LogP contribution in [-0.4, -0.2) is 109 Å². The Morgan fingerprint density at radius 1 is 0.710 bits per heavy atom. The molecule has 4 atom stereocenters. The Kier molecular flexibility index (Phi) is 9.21. The molecule has 11 rings (SSSR count). The van der Waals surface area contributed by atoms with Gasteiger partial charge in [-0.05, 0) is 80.3 Å². The molecule has 8 heterocycles. The number of rotatable bonds is 8. The number of aliphatic hydroxyl groups excluding tert-OH is 1. The van der Waals surface area contributed by atoms with E-state index >= 15 is 0 Å². The molecule has 3 aromatic heterocycles. The molecule has 0 bridgehead atoms. The molecule has 62 heavy (non-hydrogen) atoms. The monoisotopic (exact) mass is 832 g/mol. The van der Waals surface area contributed by atoms with Crippen molar-refractivity contribution in [2.24, 2.45) is 11.8 Å². The molecule has 0 spiro atoms. The van der Waals surface area contributed by atoms with Crippen LogP contribution >= 0.6 is 0 Å². The van der Waals surface area contributed by atoms with Crippen LogP contribution in [0, 0.1) is 11.8 Å². The van der Waals surface area contributed by atoms with Gasteiger partial charge in [0.15, 0.2) is 5.65 Å². The number of imide groups is 1. The van der Waals surface area contributed by atoms with Crippen LogP contribution in [-0.2, 0) is 4.79 Å². The molecule has 17 heteroatoms. The van der Waals surface area contributed by atoms with E-state index in [2.05, 4.69) is 30.0 Å². The summed E-state index contributed by atoms with van der Waals surface area (Å²) < 4.78 is 8.02. The smallest absolute Gasteiger partial charge is 0.262 e. The number of ether oxygens (including phenoxy) is 1.